The van der Waals surface area contributed by atoms with Gasteiger partial charge < -0.3 is 10.2 Å². The molecule has 100 valence electrons. The Kier molecular flexibility index (Phi) is 4.61. The van der Waals surface area contributed by atoms with Gasteiger partial charge in [0.25, 0.3) is 0 Å². The summed E-state index contributed by atoms with van der Waals surface area (Å²) in [5.74, 6) is 0. The van der Waals surface area contributed by atoms with Gasteiger partial charge in [0.2, 0.25) is 0 Å². The van der Waals surface area contributed by atoms with E-state index in [0.29, 0.717) is 6.04 Å². The van der Waals surface area contributed by atoms with Crippen LogP contribution in [-0.4, -0.2) is 55.6 Å². The SMILES string of the molecule is Cc1ccccc1NCCN1CCN(C)C(C)C1. The summed E-state index contributed by atoms with van der Waals surface area (Å²) in [5.41, 5.74) is 2.59. The van der Waals surface area contributed by atoms with E-state index in [2.05, 4.69) is 60.3 Å². The molecule has 1 aromatic rings. The maximum Gasteiger partial charge on any atom is 0.0370 e. The topological polar surface area (TPSA) is 18.5 Å². The summed E-state index contributed by atoms with van der Waals surface area (Å²) in [6.45, 7) is 10.2. The number of hydrogen-bond acceptors (Lipinski definition) is 3. The Morgan fingerprint density at radius 1 is 1.28 bits per heavy atom. The number of para-hydroxylation sites is 1. The molecule has 3 heteroatoms. The number of piperazine rings is 1. The van der Waals surface area contributed by atoms with Crippen molar-refractivity contribution in [3.8, 4) is 0 Å². The minimum atomic E-state index is 0.678. The van der Waals surface area contributed by atoms with E-state index < -0.39 is 0 Å². The average molecular weight is 247 g/mol. The zero-order valence-electron chi connectivity index (χ0n) is 11.8. The van der Waals surface area contributed by atoms with Crippen LogP contribution in [0.1, 0.15) is 12.5 Å². The van der Waals surface area contributed by atoms with Gasteiger partial charge in [-0.15, -0.1) is 0 Å². The summed E-state index contributed by atoms with van der Waals surface area (Å²) in [5, 5.41) is 3.53. The third kappa shape index (κ3) is 3.47. The smallest absolute Gasteiger partial charge is 0.0370 e. The first-order valence-electron chi connectivity index (χ1n) is 6.89. The van der Waals surface area contributed by atoms with Gasteiger partial charge in [0.15, 0.2) is 0 Å². The van der Waals surface area contributed by atoms with Crippen LogP contribution in [0.15, 0.2) is 24.3 Å². The Hall–Kier alpha value is -1.06. The standard InChI is InChI=1S/C15H25N3/c1-13-6-4-5-7-15(13)16-8-9-18-11-10-17(3)14(2)12-18/h4-7,14,16H,8-12H2,1-3H3. The summed E-state index contributed by atoms with van der Waals surface area (Å²) in [7, 11) is 2.22. The second-order valence-corrected chi connectivity index (χ2v) is 5.37. The molecule has 0 spiro atoms. The molecule has 1 aliphatic rings. The number of benzene rings is 1. The monoisotopic (exact) mass is 247 g/mol. The number of nitrogens with one attached hydrogen (secondary N) is 1. The van der Waals surface area contributed by atoms with E-state index in [1.807, 2.05) is 0 Å². The maximum absolute atomic E-state index is 3.53. The van der Waals surface area contributed by atoms with Gasteiger partial charge in [-0.05, 0) is 32.5 Å². The molecule has 18 heavy (non-hydrogen) atoms. The Morgan fingerprint density at radius 3 is 2.78 bits per heavy atom. The third-order valence-corrected chi connectivity index (χ3v) is 3.93. The number of nitrogens with zero attached hydrogens (tertiary/aromatic N) is 2. The van der Waals surface area contributed by atoms with Crippen molar-refractivity contribution in [1.29, 1.82) is 0 Å². The summed E-state index contributed by atoms with van der Waals surface area (Å²) in [6.07, 6.45) is 0. The molecule has 1 N–H and O–H groups in total. The summed E-state index contributed by atoms with van der Waals surface area (Å²) >= 11 is 0. The fourth-order valence-corrected chi connectivity index (χ4v) is 2.45. The average Bonchev–Trinajstić information content (AvgIpc) is 2.36. The molecular weight excluding hydrogens is 222 g/mol. The van der Waals surface area contributed by atoms with Gasteiger partial charge in [-0.25, -0.2) is 0 Å². The lowest BCUT2D eigenvalue weighted by Gasteiger charge is -2.37. The highest BCUT2D eigenvalue weighted by atomic mass is 15.3. The second-order valence-electron chi connectivity index (χ2n) is 5.37. The Balaban J connectivity index is 1.74. The van der Waals surface area contributed by atoms with Gasteiger partial charge >= 0.3 is 0 Å². The molecule has 1 unspecified atom stereocenters. The predicted octanol–water partition coefficient (Wildman–Crippen LogP) is 2.04. The zero-order valence-corrected chi connectivity index (χ0v) is 11.8. The molecule has 2 rings (SSSR count). The van der Waals surface area contributed by atoms with E-state index in [9.17, 15) is 0 Å². The van der Waals surface area contributed by atoms with Gasteiger partial charge in [-0.3, -0.25) is 4.90 Å². The normalized spacial score (nSPS) is 22.1. The lowest BCUT2D eigenvalue weighted by Crippen LogP contribution is -2.50. The second kappa shape index (κ2) is 6.21. The Bertz CT molecular complexity index is 378. The molecular formula is C15H25N3. The molecule has 1 atom stereocenters. The van der Waals surface area contributed by atoms with Crippen molar-refractivity contribution in [2.45, 2.75) is 19.9 Å². The van der Waals surface area contributed by atoms with E-state index in [1.165, 1.54) is 30.9 Å². The van der Waals surface area contributed by atoms with Gasteiger partial charge in [-0.1, -0.05) is 18.2 Å². The molecule has 0 aromatic heterocycles. The van der Waals surface area contributed by atoms with Crippen LogP contribution < -0.4 is 5.32 Å². The van der Waals surface area contributed by atoms with Gasteiger partial charge in [-0.2, -0.15) is 0 Å². The predicted molar refractivity (Wildman–Crippen MR) is 78.2 cm³/mol. The lowest BCUT2D eigenvalue weighted by molar-refractivity contribution is 0.108. The first-order valence-corrected chi connectivity index (χ1v) is 6.89. The quantitative estimate of drug-likeness (QED) is 0.878. The molecule has 0 radical (unpaired) electrons. The van der Waals surface area contributed by atoms with E-state index >= 15 is 0 Å². The minimum Gasteiger partial charge on any atom is -0.384 e. The van der Waals surface area contributed by atoms with Crippen LogP contribution in [0.2, 0.25) is 0 Å². The van der Waals surface area contributed by atoms with E-state index in [1.54, 1.807) is 0 Å². The van der Waals surface area contributed by atoms with Crippen molar-refractivity contribution >= 4 is 5.69 Å². The van der Waals surface area contributed by atoms with E-state index in [-0.39, 0.29) is 0 Å². The molecule has 1 fully saturated rings. The molecule has 0 saturated carbocycles. The van der Waals surface area contributed by atoms with Crippen molar-refractivity contribution in [3.05, 3.63) is 29.8 Å². The molecule has 3 nitrogen and oxygen atoms in total. The van der Waals surface area contributed by atoms with Crippen molar-refractivity contribution in [2.75, 3.05) is 45.1 Å². The molecule has 0 bridgehead atoms. The van der Waals surface area contributed by atoms with Crippen LogP contribution in [0, 0.1) is 6.92 Å². The van der Waals surface area contributed by atoms with Crippen molar-refractivity contribution < 1.29 is 0 Å². The summed E-state index contributed by atoms with van der Waals surface area (Å²) in [4.78, 5) is 4.99. The highest BCUT2D eigenvalue weighted by Crippen LogP contribution is 2.13. The molecule has 1 saturated heterocycles. The first-order chi connectivity index (χ1) is 8.66. The zero-order chi connectivity index (χ0) is 13.0. The van der Waals surface area contributed by atoms with Gasteiger partial charge in [0.1, 0.15) is 0 Å². The molecule has 0 amide bonds. The first kappa shape index (κ1) is 13.4. The van der Waals surface area contributed by atoms with Crippen molar-refractivity contribution in [1.82, 2.24) is 9.80 Å². The van der Waals surface area contributed by atoms with Crippen LogP contribution in [0.25, 0.3) is 0 Å². The van der Waals surface area contributed by atoms with Crippen molar-refractivity contribution in [2.24, 2.45) is 0 Å². The lowest BCUT2D eigenvalue weighted by atomic mass is 10.2. The highest BCUT2D eigenvalue weighted by molar-refractivity contribution is 5.50. The van der Waals surface area contributed by atoms with Gasteiger partial charge in [0.05, 0.1) is 0 Å². The van der Waals surface area contributed by atoms with Crippen LogP contribution in [0.3, 0.4) is 0 Å². The molecule has 1 aliphatic heterocycles. The third-order valence-electron chi connectivity index (χ3n) is 3.93. The fraction of sp³-hybridized carbons (Fsp3) is 0.600. The fourth-order valence-electron chi connectivity index (χ4n) is 2.45. The van der Waals surface area contributed by atoms with Crippen LogP contribution in [-0.2, 0) is 0 Å². The Labute approximate surface area is 111 Å². The number of aryl methyl sites for hydroxylation is 1. The maximum atomic E-state index is 3.53. The minimum absolute atomic E-state index is 0.678. The molecule has 1 heterocycles. The molecule has 0 aliphatic carbocycles. The van der Waals surface area contributed by atoms with Gasteiger partial charge in [0, 0.05) is 44.5 Å². The van der Waals surface area contributed by atoms with Crippen LogP contribution in [0.5, 0.6) is 0 Å². The number of likely N-dealkylation sites (N-methyl/N-ethyl adjacent to an activating group) is 1. The van der Waals surface area contributed by atoms with E-state index in [0.717, 1.165) is 13.1 Å². The van der Waals surface area contributed by atoms with Crippen LogP contribution in [0.4, 0.5) is 5.69 Å². The Morgan fingerprint density at radius 2 is 2.06 bits per heavy atom. The van der Waals surface area contributed by atoms with Crippen LogP contribution >= 0.6 is 0 Å². The number of rotatable bonds is 4. The largest absolute Gasteiger partial charge is 0.384 e. The summed E-state index contributed by atoms with van der Waals surface area (Å²) in [6, 6.07) is 9.16. The number of anilines is 1. The molecule has 1 aromatic carbocycles. The summed E-state index contributed by atoms with van der Waals surface area (Å²) < 4.78 is 0. The van der Waals surface area contributed by atoms with E-state index in [4.69, 9.17) is 0 Å². The number of hydrogen-bond donors (Lipinski definition) is 1. The highest BCUT2D eigenvalue weighted by Gasteiger charge is 2.19. The van der Waals surface area contributed by atoms with Crippen molar-refractivity contribution in [3.63, 3.8) is 0 Å².